The van der Waals surface area contributed by atoms with Gasteiger partial charge in [0.05, 0.1) is 0 Å². The molecule has 0 aliphatic rings. The fourth-order valence-corrected chi connectivity index (χ4v) is 2.30. The van der Waals surface area contributed by atoms with Crippen LogP contribution in [0.15, 0.2) is 47.1 Å². The van der Waals surface area contributed by atoms with Gasteiger partial charge in [-0.05, 0) is 30.7 Å². The van der Waals surface area contributed by atoms with Crippen molar-refractivity contribution in [3.8, 4) is 0 Å². The number of H-pyrrole nitrogens is 1. The van der Waals surface area contributed by atoms with Crippen molar-refractivity contribution in [3.05, 3.63) is 58.3 Å². The number of aromatic nitrogens is 1. The lowest BCUT2D eigenvalue weighted by atomic mass is 10.1. The molecule has 0 saturated heterocycles. The van der Waals surface area contributed by atoms with Crippen LogP contribution in [0.3, 0.4) is 0 Å². The Morgan fingerprint density at radius 2 is 2.06 bits per heavy atom. The smallest absolute Gasteiger partial charge is 0.0362 e. The van der Waals surface area contributed by atoms with E-state index in [0.717, 1.165) is 11.0 Å². The Morgan fingerprint density at radius 1 is 1.25 bits per heavy atom. The molecule has 0 unspecified atom stereocenters. The zero-order chi connectivity index (χ0) is 11.4. The van der Waals surface area contributed by atoms with Gasteiger partial charge in [0.2, 0.25) is 0 Å². The molecule has 84 valence electrons. The molecule has 0 amide bonds. The van der Waals surface area contributed by atoms with Gasteiger partial charge in [-0.2, -0.15) is 0 Å². The highest BCUT2D eigenvalue weighted by atomic mass is 79.9. The molecule has 0 aliphatic heterocycles. The number of nitrogens with one attached hydrogen (secondary N) is 2. The molecule has 1 aromatic heterocycles. The fraction of sp³-hybridized carbons (Fsp3) is 0.231. The SMILES string of the molecule is C[C@@H](NCc1ccc[nH]1)c1ccccc1Br. The second-order valence-corrected chi connectivity index (χ2v) is 4.67. The first-order valence-electron chi connectivity index (χ1n) is 5.37. The lowest BCUT2D eigenvalue weighted by Gasteiger charge is -2.15. The molecular weight excluding hydrogens is 264 g/mol. The summed E-state index contributed by atoms with van der Waals surface area (Å²) in [7, 11) is 0. The van der Waals surface area contributed by atoms with Crippen molar-refractivity contribution in [1.29, 1.82) is 0 Å². The highest BCUT2D eigenvalue weighted by Crippen LogP contribution is 2.22. The van der Waals surface area contributed by atoms with Crippen LogP contribution in [0.25, 0.3) is 0 Å². The molecule has 1 atom stereocenters. The molecule has 0 saturated carbocycles. The third-order valence-electron chi connectivity index (χ3n) is 2.63. The van der Waals surface area contributed by atoms with Crippen molar-refractivity contribution in [3.63, 3.8) is 0 Å². The highest BCUT2D eigenvalue weighted by molar-refractivity contribution is 9.10. The van der Waals surface area contributed by atoms with Gasteiger partial charge in [-0.25, -0.2) is 0 Å². The third kappa shape index (κ3) is 2.74. The number of rotatable bonds is 4. The summed E-state index contributed by atoms with van der Waals surface area (Å²) >= 11 is 3.57. The van der Waals surface area contributed by atoms with Crippen molar-refractivity contribution in [1.82, 2.24) is 10.3 Å². The van der Waals surface area contributed by atoms with E-state index in [4.69, 9.17) is 0 Å². The van der Waals surface area contributed by atoms with Gasteiger partial charge in [-0.1, -0.05) is 34.1 Å². The average molecular weight is 279 g/mol. The van der Waals surface area contributed by atoms with Crippen LogP contribution in [-0.4, -0.2) is 4.98 Å². The predicted octanol–water partition coefficient (Wildman–Crippen LogP) is 3.63. The Hall–Kier alpha value is -1.06. The minimum Gasteiger partial charge on any atom is -0.364 e. The molecule has 1 heterocycles. The first-order valence-corrected chi connectivity index (χ1v) is 6.17. The summed E-state index contributed by atoms with van der Waals surface area (Å²) in [5.74, 6) is 0. The van der Waals surface area contributed by atoms with Crippen LogP contribution in [-0.2, 0) is 6.54 Å². The van der Waals surface area contributed by atoms with Crippen molar-refractivity contribution in [2.24, 2.45) is 0 Å². The van der Waals surface area contributed by atoms with E-state index in [1.807, 2.05) is 18.3 Å². The van der Waals surface area contributed by atoms with Crippen molar-refractivity contribution < 1.29 is 0 Å². The zero-order valence-electron chi connectivity index (χ0n) is 9.20. The summed E-state index contributed by atoms with van der Waals surface area (Å²) < 4.78 is 1.15. The first kappa shape index (κ1) is 11.4. The van der Waals surface area contributed by atoms with Crippen molar-refractivity contribution in [2.75, 3.05) is 0 Å². The van der Waals surface area contributed by atoms with E-state index in [1.54, 1.807) is 0 Å². The van der Waals surface area contributed by atoms with Gasteiger partial charge in [0.25, 0.3) is 0 Å². The maximum absolute atomic E-state index is 3.57. The van der Waals surface area contributed by atoms with E-state index in [-0.39, 0.29) is 0 Å². The van der Waals surface area contributed by atoms with Crippen LogP contribution in [0.4, 0.5) is 0 Å². The van der Waals surface area contributed by atoms with E-state index in [2.05, 4.69) is 57.4 Å². The Morgan fingerprint density at radius 3 is 2.75 bits per heavy atom. The summed E-state index contributed by atoms with van der Waals surface area (Å²) in [6.07, 6.45) is 1.94. The lowest BCUT2D eigenvalue weighted by molar-refractivity contribution is 0.567. The molecule has 1 aromatic carbocycles. The van der Waals surface area contributed by atoms with Crippen LogP contribution < -0.4 is 5.32 Å². The molecule has 16 heavy (non-hydrogen) atoms. The molecule has 2 aromatic rings. The Kier molecular flexibility index (Phi) is 3.80. The van der Waals surface area contributed by atoms with Crippen LogP contribution in [0.5, 0.6) is 0 Å². The van der Waals surface area contributed by atoms with Crippen molar-refractivity contribution >= 4 is 15.9 Å². The number of benzene rings is 1. The molecule has 2 nitrogen and oxygen atoms in total. The second-order valence-electron chi connectivity index (χ2n) is 3.82. The lowest BCUT2D eigenvalue weighted by Crippen LogP contribution is -2.18. The van der Waals surface area contributed by atoms with Crippen LogP contribution >= 0.6 is 15.9 Å². The van der Waals surface area contributed by atoms with Gasteiger partial charge in [-0.3, -0.25) is 0 Å². The topological polar surface area (TPSA) is 27.8 Å². The molecule has 3 heteroatoms. The summed E-state index contributed by atoms with van der Waals surface area (Å²) in [4.78, 5) is 3.18. The number of hydrogen-bond donors (Lipinski definition) is 2. The van der Waals surface area contributed by atoms with E-state index in [9.17, 15) is 0 Å². The summed E-state index contributed by atoms with van der Waals surface area (Å²) in [6, 6.07) is 12.7. The van der Waals surface area contributed by atoms with Gasteiger partial charge in [0.15, 0.2) is 0 Å². The Bertz CT molecular complexity index is 437. The summed E-state index contributed by atoms with van der Waals surface area (Å²) in [6.45, 7) is 3.03. The van der Waals surface area contributed by atoms with Gasteiger partial charge in [-0.15, -0.1) is 0 Å². The zero-order valence-corrected chi connectivity index (χ0v) is 10.8. The second kappa shape index (κ2) is 5.32. The normalized spacial score (nSPS) is 12.6. The molecule has 0 spiro atoms. The van der Waals surface area contributed by atoms with E-state index in [0.29, 0.717) is 6.04 Å². The minimum atomic E-state index is 0.332. The van der Waals surface area contributed by atoms with Crippen LogP contribution in [0.1, 0.15) is 24.2 Å². The molecule has 0 radical (unpaired) electrons. The molecule has 0 fully saturated rings. The summed E-state index contributed by atoms with van der Waals surface area (Å²) in [5.41, 5.74) is 2.49. The number of halogens is 1. The van der Waals surface area contributed by atoms with Gasteiger partial charge in [0.1, 0.15) is 0 Å². The summed E-state index contributed by atoms with van der Waals surface area (Å²) in [5, 5.41) is 3.48. The van der Waals surface area contributed by atoms with Gasteiger partial charge in [0, 0.05) is 29.0 Å². The van der Waals surface area contributed by atoms with Gasteiger partial charge >= 0.3 is 0 Å². The molecule has 2 N–H and O–H groups in total. The minimum absolute atomic E-state index is 0.332. The standard InChI is InChI=1S/C13H15BrN2/c1-10(12-6-2-3-7-13(12)14)16-9-11-5-4-8-15-11/h2-8,10,15-16H,9H2,1H3/t10-/m1/s1. The maximum Gasteiger partial charge on any atom is 0.0362 e. The van der Waals surface area contributed by atoms with Crippen LogP contribution in [0, 0.1) is 0 Å². The van der Waals surface area contributed by atoms with Crippen LogP contribution in [0.2, 0.25) is 0 Å². The monoisotopic (exact) mass is 278 g/mol. The van der Waals surface area contributed by atoms with E-state index in [1.165, 1.54) is 11.3 Å². The quantitative estimate of drug-likeness (QED) is 0.878. The molecule has 0 bridgehead atoms. The Balaban J connectivity index is 1.98. The first-order chi connectivity index (χ1) is 7.77. The van der Waals surface area contributed by atoms with E-state index >= 15 is 0 Å². The fourth-order valence-electron chi connectivity index (χ4n) is 1.68. The highest BCUT2D eigenvalue weighted by Gasteiger charge is 2.07. The number of hydrogen-bond acceptors (Lipinski definition) is 1. The third-order valence-corrected chi connectivity index (χ3v) is 3.35. The van der Waals surface area contributed by atoms with Gasteiger partial charge < -0.3 is 10.3 Å². The largest absolute Gasteiger partial charge is 0.364 e. The molecular formula is C13H15BrN2. The molecule has 0 aliphatic carbocycles. The van der Waals surface area contributed by atoms with Crippen molar-refractivity contribution in [2.45, 2.75) is 19.5 Å². The average Bonchev–Trinajstić information content (AvgIpc) is 2.79. The van der Waals surface area contributed by atoms with E-state index < -0.39 is 0 Å². The predicted molar refractivity (Wildman–Crippen MR) is 70.2 cm³/mol. The maximum atomic E-state index is 3.57. The number of aromatic amines is 1. The Labute approximate surface area is 104 Å². The molecule has 2 rings (SSSR count).